The molecule has 4 rings (SSSR count). The summed E-state index contributed by atoms with van der Waals surface area (Å²) < 4.78 is 16.9. The molecule has 0 unspecified atom stereocenters. The number of carbonyl (C=O) groups excluding carboxylic acids is 1. The van der Waals surface area contributed by atoms with Gasteiger partial charge >= 0.3 is 6.09 Å². The minimum absolute atomic E-state index is 0.307. The van der Waals surface area contributed by atoms with Crippen molar-refractivity contribution in [1.29, 1.82) is 0 Å². The maximum atomic E-state index is 13.7. The number of rotatable bonds is 10. The van der Waals surface area contributed by atoms with Crippen LogP contribution in [-0.4, -0.2) is 55.3 Å². The van der Waals surface area contributed by atoms with Crippen molar-refractivity contribution in [3.8, 4) is 17.2 Å². The number of amides is 1. The lowest BCUT2D eigenvalue weighted by atomic mass is 10.1. The van der Waals surface area contributed by atoms with E-state index < -0.39 is 6.09 Å². The fourth-order valence-corrected chi connectivity index (χ4v) is 3.94. The van der Waals surface area contributed by atoms with Gasteiger partial charge in [-0.1, -0.05) is 30.3 Å². The molecule has 0 saturated heterocycles. The molecular weight excluding hydrogens is 494 g/mol. The van der Waals surface area contributed by atoms with E-state index in [1.807, 2.05) is 76.5 Å². The third-order valence-electron chi connectivity index (χ3n) is 5.90. The summed E-state index contributed by atoms with van der Waals surface area (Å²) in [7, 11) is 5.54. The molecule has 0 aliphatic rings. The Balaban J connectivity index is 1.61. The molecule has 1 aromatic heterocycles. The van der Waals surface area contributed by atoms with E-state index in [1.54, 1.807) is 30.5 Å². The summed E-state index contributed by atoms with van der Waals surface area (Å²) in [6.07, 6.45) is 0.973. The molecule has 0 atom stereocenters. The van der Waals surface area contributed by atoms with E-state index in [0.717, 1.165) is 29.1 Å². The van der Waals surface area contributed by atoms with Gasteiger partial charge in [-0.25, -0.2) is 14.7 Å². The maximum absolute atomic E-state index is 13.7. The molecule has 0 radical (unpaired) electrons. The molecule has 9 nitrogen and oxygen atoms in total. The Labute approximate surface area is 229 Å². The lowest BCUT2D eigenvalue weighted by Gasteiger charge is -2.25. The van der Waals surface area contributed by atoms with Crippen LogP contribution in [0.4, 0.5) is 27.9 Å². The number of methoxy groups -OCH3 is 1. The van der Waals surface area contributed by atoms with Gasteiger partial charge in [0.2, 0.25) is 5.95 Å². The second kappa shape index (κ2) is 12.7. The molecule has 0 aliphatic heterocycles. The smallest absolute Gasteiger partial charge is 0.425 e. The Hall–Kier alpha value is -4.63. The SMILES string of the molecule is COc1ccccc1OC(=O)N(c1ccnc(Nc2ccc(OCCN(C)C)cc2)n1)c1c(C)cccc1C. The number of carbonyl (C=O) groups is 1. The predicted octanol–water partition coefficient (Wildman–Crippen LogP) is 6.12. The van der Waals surface area contributed by atoms with E-state index in [4.69, 9.17) is 14.2 Å². The first-order chi connectivity index (χ1) is 18.9. The number of nitrogens with zero attached hydrogens (tertiary/aromatic N) is 4. The summed E-state index contributed by atoms with van der Waals surface area (Å²) >= 11 is 0. The highest BCUT2D eigenvalue weighted by atomic mass is 16.6. The number of para-hydroxylation sites is 3. The van der Waals surface area contributed by atoms with Crippen LogP contribution in [0.2, 0.25) is 0 Å². The van der Waals surface area contributed by atoms with Gasteiger partial charge in [-0.05, 0) is 75.5 Å². The first kappa shape index (κ1) is 27.4. The zero-order chi connectivity index (χ0) is 27.8. The fourth-order valence-electron chi connectivity index (χ4n) is 3.94. The number of benzene rings is 3. The van der Waals surface area contributed by atoms with E-state index >= 15 is 0 Å². The number of aromatic nitrogens is 2. The quantitative estimate of drug-likeness (QED) is 0.264. The van der Waals surface area contributed by atoms with E-state index in [1.165, 1.54) is 12.0 Å². The standard InChI is InChI=1S/C30H33N5O4/c1-21-9-8-10-22(2)28(21)35(30(36)39-26-12-7-6-11-25(26)37-5)27-17-18-31-29(33-27)32-23-13-15-24(16-14-23)38-20-19-34(3)4/h6-18H,19-20H2,1-5H3,(H,31,32,33). The first-order valence-electron chi connectivity index (χ1n) is 12.5. The Morgan fingerprint density at radius 1 is 0.897 bits per heavy atom. The van der Waals surface area contributed by atoms with Gasteiger partial charge in [0, 0.05) is 24.5 Å². The summed E-state index contributed by atoms with van der Waals surface area (Å²) in [4.78, 5) is 26.2. The van der Waals surface area contributed by atoms with E-state index in [0.29, 0.717) is 35.6 Å². The van der Waals surface area contributed by atoms with Crippen molar-refractivity contribution in [2.75, 3.05) is 44.6 Å². The molecule has 1 heterocycles. The van der Waals surface area contributed by atoms with Gasteiger partial charge in [-0.3, -0.25) is 0 Å². The number of ether oxygens (including phenoxy) is 3. The summed E-state index contributed by atoms with van der Waals surface area (Å²) in [5.74, 6) is 2.22. The number of hydrogen-bond acceptors (Lipinski definition) is 8. The van der Waals surface area contributed by atoms with Gasteiger partial charge in [-0.2, -0.15) is 4.98 Å². The molecule has 9 heteroatoms. The lowest BCUT2D eigenvalue weighted by Crippen LogP contribution is -2.31. The zero-order valence-corrected chi connectivity index (χ0v) is 22.8. The third-order valence-corrected chi connectivity index (χ3v) is 5.90. The molecule has 1 N–H and O–H groups in total. The minimum Gasteiger partial charge on any atom is -0.493 e. The molecule has 39 heavy (non-hydrogen) atoms. The van der Waals surface area contributed by atoms with Crippen LogP contribution in [0.25, 0.3) is 0 Å². The highest BCUT2D eigenvalue weighted by molar-refractivity contribution is 5.98. The topological polar surface area (TPSA) is 89.0 Å². The van der Waals surface area contributed by atoms with E-state index in [-0.39, 0.29) is 0 Å². The van der Waals surface area contributed by atoms with Crippen LogP contribution < -0.4 is 24.4 Å². The second-order valence-corrected chi connectivity index (χ2v) is 9.13. The molecule has 202 valence electrons. The molecule has 4 aromatic rings. The van der Waals surface area contributed by atoms with E-state index in [2.05, 4.69) is 20.2 Å². The van der Waals surface area contributed by atoms with Crippen LogP contribution >= 0.6 is 0 Å². The lowest BCUT2D eigenvalue weighted by molar-refractivity contribution is 0.208. The average Bonchev–Trinajstić information content (AvgIpc) is 2.92. The average molecular weight is 528 g/mol. The fraction of sp³-hybridized carbons (Fsp3) is 0.233. The maximum Gasteiger partial charge on any atom is 0.425 e. The van der Waals surface area contributed by atoms with Crippen LogP contribution in [0.15, 0.2) is 79.0 Å². The highest BCUT2D eigenvalue weighted by Crippen LogP contribution is 2.34. The van der Waals surface area contributed by atoms with Gasteiger partial charge < -0.3 is 24.4 Å². The van der Waals surface area contributed by atoms with Crippen molar-refractivity contribution >= 4 is 29.2 Å². The third kappa shape index (κ3) is 7.03. The molecule has 0 fully saturated rings. The van der Waals surface area contributed by atoms with Gasteiger partial charge in [0.25, 0.3) is 0 Å². The van der Waals surface area contributed by atoms with Gasteiger partial charge in [0.15, 0.2) is 11.5 Å². The normalized spacial score (nSPS) is 10.7. The van der Waals surface area contributed by atoms with Gasteiger partial charge in [0.1, 0.15) is 18.2 Å². The summed E-state index contributed by atoms with van der Waals surface area (Å²) in [6, 6.07) is 22.0. The first-order valence-corrected chi connectivity index (χ1v) is 12.5. The van der Waals surface area contributed by atoms with Crippen LogP contribution in [0.3, 0.4) is 0 Å². The van der Waals surface area contributed by atoms with Crippen LogP contribution in [0, 0.1) is 13.8 Å². The number of anilines is 4. The summed E-state index contributed by atoms with van der Waals surface area (Å²) in [5.41, 5.74) is 3.25. The number of likely N-dealkylation sites (N-methyl/N-ethyl adjacent to an activating group) is 1. The van der Waals surface area contributed by atoms with Crippen LogP contribution in [-0.2, 0) is 0 Å². The Kier molecular flexibility index (Phi) is 8.96. The van der Waals surface area contributed by atoms with Crippen LogP contribution in [0.1, 0.15) is 11.1 Å². The van der Waals surface area contributed by atoms with Crippen molar-refractivity contribution in [3.05, 3.63) is 90.1 Å². The summed E-state index contributed by atoms with van der Waals surface area (Å²) in [5, 5.41) is 3.20. The van der Waals surface area contributed by atoms with Crippen molar-refractivity contribution in [3.63, 3.8) is 0 Å². The minimum atomic E-state index is -0.624. The highest BCUT2D eigenvalue weighted by Gasteiger charge is 2.26. The number of hydrogen-bond donors (Lipinski definition) is 1. The molecular formula is C30H33N5O4. The number of nitrogens with one attached hydrogen (secondary N) is 1. The second-order valence-electron chi connectivity index (χ2n) is 9.13. The molecule has 0 aliphatic carbocycles. The Morgan fingerprint density at radius 3 is 2.26 bits per heavy atom. The molecule has 0 bridgehead atoms. The van der Waals surface area contributed by atoms with Crippen molar-refractivity contribution < 1.29 is 19.0 Å². The monoisotopic (exact) mass is 527 g/mol. The van der Waals surface area contributed by atoms with Crippen molar-refractivity contribution in [1.82, 2.24) is 14.9 Å². The molecule has 0 saturated carbocycles. The van der Waals surface area contributed by atoms with Crippen molar-refractivity contribution in [2.45, 2.75) is 13.8 Å². The zero-order valence-electron chi connectivity index (χ0n) is 22.8. The van der Waals surface area contributed by atoms with Gasteiger partial charge in [0.05, 0.1) is 12.8 Å². The summed E-state index contributed by atoms with van der Waals surface area (Å²) in [6.45, 7) is 5.31. The van der Waals surface area contributed by atoms with Crippen LogP contribution in [0.5, 0.6) is 17.2 Å². The number of aryl methyl sites for hydroxylation is 2. The van der Waals surface area contributed by atoms with Gasteiger partial charge in [-0.15, -0.1) is 0 Å². The largest absolute Gasteiger partial charge is 0.493 e. The Morgan fingerprint density at radius 2 is 1.59 bits per heavy atom. The molecule has 1 amide bonds. The molecule has 0 spiro atoms. The Bertz CT molecular complexity index is 1390. The van der Waals surface area contributed by atoms with E-state index in [9.17, 15) is 4.79 Å². The van der Waals surface area contributed by atoms with Crippen molar-refractivity contribution in [2.24, 2.45) is 0 Å². The predicted molar refractivity (Wildman–Crippen MR) is 153 cm³/mol. The molecule has 3 aromatic carbocycles.